The van der Waals surface area contributed by atoms with Gasteiger partial charge < -0.3 is 24.1 Å². The lowest BCUT2D eigenvalue weighted by atomic mass is 9.93. The van der Waals surface area contributed by atoms with Gasteiger partial charge in [0.15, 0.2) is 17.3 Å². The summed E-state index contributed by atoms with van der Waals surface area (Å²) in [4.78, 5) is 27.6. The lowest BCUT2D eigenvalue weighted by Gasteiger charge is -2.35. The number of fused-ring (bicyclic) bond motifs is 2. The van der Waals surface area contributed by atoms with Gasteiger partial charge in [0.2, 0.25) is 5.91 Å². The largest absolute Gasteiger partial charge is 0.586 e. The van der Waals surface area contributed by atoms with Crippen molar-refractivity contribution in [1.82, 2.24) is 4.90 Å². The number of ether oxygens (including phenoxy) is 2. The van der Waals surface area contributed by atoms with Gasteiger partial charge in [0.1, 0.15) is 6.04 Å². The first kappa shape index (κ1) is 19.1. The minimum atomic E-state index is -3.75. The molecule has 0 radical (unpaired) electrons. The number of rotatable bonds is 3. The molecule has 1 atom stereocenters. The number of hydrogen-bond acceptors (Lipinski definition) is 5. The first-order chi connectivity index (χ1) is 14.9. The van der Waals surface area contributed by atoms with Crippen molar-refractivity contribution in [3.63, 3.8) is 0 Å². The maximum atomic E-state index is 13.3. The third-order valence-corrected chi connectivity index (χ3v) is 5.21. The molecule has 1 aromatic heterocycles. The van der Waals surface area contributed by atoms with Crippen LogP contribution in [0.1, 0.15) is 21.7 Å². The van der Waals surface area contributed by atoms with Crippen molar-refractivity contribution in [2.75, 3.05) is 5.32 Å². The highest BCUT2D eigenvalue weighted by atomic mass is 19.3. The predicted molar refractivity (Wildman–Crippen MR) is 104 cm³/mol. The van der Waals surface area contributed by atoms with Gasteiger partial charge in [-0.3, -0.25) is 9.59 Å². The third kappa shape index (κ3) is 3.58. The van der Waals surface area contributed by atoms with Crippen molar-refractivity contribution in [3.05, 3.63) is 77.7 Å². The van der Waals surface area contributed by atoms with Gasteiger partial charge in [-0.15, -0.1) is 8.78 Å². The Labute approximate surface area is 175 Å². The average molecular weight is 426 g/mol. The molecule has 31 heavy (non-hydrogen) atoms. The molecule has 9 heteroatoms. The van der Waals surface area contributed by atoms with E-state index in [0.717, 1.165) is 11.1 Å². The lowest BCUT2D eigenvalue weighted by molar-refractivity contribution is -0.286. The fourth-order valence-electron chi connectivity index (χ4n) is 3.76. The maximum Gasteiger partial charge on any atom is 0.586 e. The Kier molecular flexibility index (Phi) is 4.39. The van der Waals surface area contributed by atoms with E-state index < -0.39 is 24.2 Å². The smallest absolute Gasteiger partial charge is 0.459 e. The lowest BCUT2D eigenvalue weighted by Crippen LogP contribution is -2.50. The van der Waals surface area contributed by atoms with Gasteiger partial charge in [0.25, 0.3) is 5.91 Å². The van der Waals surface area contributed by atoms with Crippen LogP contribution in [-0.4, -0.2) is 29.1 Å². The summed E-state index contributed by atoms with van der Waals surface area (Å²) in [7, 11) is 0. The summed E-state index contributed by atoms with van der Waals surface area (Å²) in [5, 5.41) is 2.69. The molecule has 158 valence electrons. The standard InChI is InChI=1S/C22H16F2N2O5/c23-22(24)30-17-8-7-15(11-19(17)31-22)25-20(27)16-10-13-4-1-2-5-14(13)12-26(16)21(28)18-6-3-9-29-18/h1-9,11,16H,10,12H2,(H,25,27)/t16-/m0/s1. The molecule has 1 N–H and O–H groups in total. The van der Waals surface area contributed by atoms with Gasteiger partial charge in [-0.2, -0.15) is 0 Å². The summed E-state index contributed by atoms with van der Waals surface area (Å²) < 4.78 is 40.5. The van der Waals surface area contributed by atoms with Crippen LogP contribution < -0.4 is 14.8 Å². The maximum absolute atomic E-state index is 13.3. The van der Waals surface area contributed by atoms with Crippen LogP contribution in [0.15, 0.2) is 65.3 Å². The van der Waals surface area contributed by atoms with E-state index in [-0.39, 0.29) is 29.5 Å². The highest BCUT2D eigenvalue weighted by molar-refractivity contribution is 6.00. The van der Waals surface area contributed by atoms with Gasteiger partial charge in [-0.25, -0.2) is 0 Å². The van der Waals surface area contributed by atoms with Crippen LogP contribution >= 0.6 is 0 Å². The van der Waals surface area contributed by atoms with Crippen LogP contribution in [0.3, 0.4) is 0 Å². The van der Waals surface area contributed by atoms with E-state index in [2.05, 4.69) is 14.8 Å². The molecule has 2 aliphatic heterocycles. The Morgan fingerprint density at radius 2 is 1.77 bits per heavy atom. The van der Waals surface area contributed by atoms with E-state index in [1.807, 2.05) is 24.3 Å². The van der Waals surface area contributed by atoms with Crippen molar-refractivity contribution in [3.8, 4) is 11.5 Å². The second-order valence-electron chi connectivity index (χ2n) is 7.22. The summed E-state index contributed by atoms with van der Waals surface area (Å²) in [6.07, 6.45) is -2.05. The van der Waals surface area contributed by atoms with Gasteiger partial charge in [0.05, 0.1) is 6.26 Å². The molecule has 0 saturated heterocycles. The molecule has 2 aliphatic rings. The zero-order valence-electron chi connectivity index (χ0n) is 16.0. The summed E-state index contributed by atoms with van der Waals surface area (Å²) in [6.45, 7) is 0.237. The summed E-state index contributed by atoms with van der Waals surface area (Å²) in [5.41, 5.74) is 2.14. The Morgan fingerprint density at radius 3 is 2.55 bits per heavy atom. The molecule has 2 aromatic carbocycles. The van der Waals surface area contributed by atoms with Gasteiger partial charge in [-0.05, 0) is 35.4 Å². The zero-order valence-corrected chi connectivity index (χ0v) is 16.0. The first-order valence-corrected chi connectivity index (χ1v) is 9.52. The monoisotopic (exact) mass is 426 g/mol. The number of nitrogens with zero attached hydrogens (tertiary/aromatic N) is 1. The van der Waals surface area contributed by atoms with Crippen molar-refractivity contribution >= 4 is 17.5 Å². The van der Waals surface area contributed by atoms with Crippen LogP contribution in [0.25, 0.3) is 0 Å². The molecule has 0 fully saturated rings. The van der Waals surface area contributed by atoms with E-state index in [4.69, 9.17) is 4.42 Å². The molecule has 5 rings (SSSR count). The molecule has 0 aliphatic carbocycles. The second kappa shape index (κ2) is 7.12. The van der Waals surface area contributed by atoms with Gasteiger partial charge in [0, 0.05) is 24.7 Å². The fraction of sp³-hybridized carbons (Fsp3) is 0.182. The van der Waals surface area contributed by atoms with Gasteiger partial charge >= 0.3 is 6.29 Å². The number of benzene rings is 2. The number of alkyl halides is 2. The highest BCUT2D eigenvalue weighted by Crippen LogP contribution is 2.42. The van der Waals surface area contributed by atoms with E-state index in [1.165, 1.54) is 35.4 Å². The number of hydrogen-bond donors (Lipinski definition) is 1. The Morgan fingerprint density at radius 1 is 1.00 bits per heavy atom. The van der Waals surface area contributed by atoms with Crippen LogP contribution in [0.5, 0.6) is 11.5 Å². The van der Waals surface area contributed by atoms with Crippen LogP contribution in [-0.2, 0) is 17.8 Å². The molecule has 3 aromatic rings. The highest BCUT2D eigenvalue weighted by Gasteiger charge is 2.43. The van der Waals surface area contributed by atoms with Crippen LogP contribution in [0.4, 0.5) is 14.5 Å². The Hall–Kier alpha value is -3.88. The predicted octanol–water partition coefficient (Wildman–Crippen LogP) is 3.81. The molecular weight excluding hydrogens is 410 g/mol. The molecule has 0 unspecified atom stereocenters. The van der Waals surface area contributed by atoms with Crippen molar-refractivity contribution < 1.29 is 32.3 Å². The molecule has 0 saturated carbocycles. The quantitative estimate of drug-likeness (QED) is 0.689. The average Bonchev–Trinajstić information content (AvgIpc) is 3.38. The number of halogens is 2. The Bertz CT molecular complexity index is 1160. The van der Waals surface area contributed by atoms with Gasteiger partial charge in [-0.1, -0.05) is 24.3 Å². The number of nitrogens with one attached hydrogen (secondary N) is 1. The minimum absolute atomic E-state index is 0.121. The summed E-state index contributed by atoms with van der Waals surface area (Å²) in [5.74, 6) is -1.04. The number of carbonyl (C=O) groups excluding carboxylic acids is 2. The van der Waals surface area contributed by atoms with Crippen molar-refractivity contribution in [1.29, 1.82) is 0 Å². The first-order valence-electron chi connectivity index (χ1n) is 9.52. The third-order valence-electron chi connectivity index (χ3n) is 5.21. The number of carbonyl (C=O) groups is 2. The number of amides is 2. The summed E-state index contributed by atoms with van der Waals surface area (Å²) >= 11 is 0. The molecule has 7 nitrogen and oxygen atoms in total. The van der Waals surface area contributed by atoms with E-state index >= 15 is 0 Å². The van der Waals surface area contributed by atoms with Crippen LogP contribution in [0.2, 0.25) is 0 Å². The van der Waals surface area contributed by atoms with Crippen molar-refractivity contribution in [2.24, 2.45) is 0 Å². The topological polar surface area (TPSA) is 81.0 Å². The molecule has 0 spiro atoms. The minimum Gasteiger partial charge on any atom is -0.459 e. The van der Waals surface area contributed by atoms with E-state index in [1.54, 1.807) is 6.07 Å². The molecule has 2 amide bonds. The van der Waals surface area contributed by atoms with E-state index in [0.29, 0.717) is 6.42 Å². The molecule has 3 heterocycles. The molecule has 0 bridgehead atoms. The summed E-state index contributed by atoms with van der Waals surface area (Å²) in [6, 6.07) is 13.8. The number of furan rings is 1. The zero-order chi connectivity index (χ0) is 21.6. The normalized spacial score (nSPS) is 18.4. The van der Waals surface area contributed by atoms with E-state index in [9.17, 15) is 18.4 Å². The van der Waals surface area contributed by atoms with Crippen LogP contribution in [0, 0.1) is 0 Å². The number of anilines is 1. The second-order valence-corrected chi connectivity index (χ2v) is 7.22. The Balaban J connectivity index is 1.41. The fourth-order valence-corrected chi connectivity index (χ4v) is 3.76. The SMILES string of the molecule is O=C(Nc1ccc2c(c1)OC(F)(F)O2)[C@@H]1Cc2ccccc2CN1C(=O)c1ccco1. The van der Waals surface area contributed by atoms with Crippen molar-refractivity contribution in [2.45, 2.75) is 25.3 Å². The molecular formula is C22H16F2N2O5.